The van der Waals surface area contributed by atoms with E-state index in [0.717, 1.165) is 53.0 Å². The Morgan fingerprint density at radius 1 is 0.892 bits per heavy atom. The fraction of sp³-hybridized carbons (Fsp3) is 0.414. The fourth-order valence-corrected chi connectivity index (χ4v) is 5.10. The molecule has 0 radical (unpaired) electrons. The summed E-state index contributed by atoms with van der Waals surface area (Å²) in [6.45, 7) is 4.92. The topological polar surface area (TPSA) is 85.2 Å². The number of hydrogen-bond acceptors (Lipinski definition) is 5. The van der Waals surface area contributed by atoms with Gasteiger partial charge in [0.05, 0.1) is 17.9 Å². The van der Waals surface area contributed by atoms with Crippen molar-refractivity contribution in [3.63, 3.8) is 0 Å². The number of carbonyl (C=O) groups excluding carboxylic acids is 3. The Balaban J connectivity index is 1.66. The van der Waals surface area contributed by atoms with Gasteiger partial charge >= 0.3 is 0 Å². The van der Waals surface area contributed by atoms with E-state index in [1.165, 1.54) is 0 Å². The van der Waals surface area contributed by atoms with Crippen LogP contribution in [0.2, 0.25) is 0 Å². The van der Waals surface area contributed by atoms with Crippen molar-refractivity contribution in [1.82, 2.24) is 15.0 Å². The van der Waals surface area contributed by atoms with Gasteiger partial charge in [-0.1, -0.05) is 61.5 Å². The van der Waals surface area contributed by atoms with E-state index < -0.39 is 0 Å². The minimum absolute atomic E-state index is 0.0307. The summed E-state index contributed by atoms with van der Waals surface area (Å²) in [4.78, 5) is 38.8. The molecule has 0 saturated heterocycles. The molecule has 1 aliphatic heterocycles. The zero-order valence-corrected chi connectivity index (χ0v) is 23.6. The number of para-hydroxylation sites is 1. The van der Waals surface area contributed by atoms with Gasteiger partial charge in [0.15, 0.2) is 3.79 Å². The van der Waals surface area contributed by atoms with Crippen LogP contribution in [-0.4, -0.2) is 30.5 Å². The molecular weight excluding hydrogens is 579 g/mol. The number of aromatic nitrogens is 3. The molecule has 7 nitrogen and oxygen atoms in total. The van der Waals surface area contributed by atoms with Gasteiger partial charge in [-0.3, -0.25) is 14.4 Å². The molecule has 1 aromatic heterocycles. The Hall–Kier alpha value is -2.88. The van der Waals surface area contributed by atoms with Gasteiger partial charge in [-0.05, 0) is 59.9 Å². The number of amides is 1. The molecule has 1 aliphatic rings. The first-order valence-electron chi connectivity index (χ1n) is 13.0. The normalized spacial score (nSPS) is 12.4. The Morgan fingerprint density at radius 3 is 2.32 bits per heavy atom. The molecular formula is C29H33IN4O3. The Kier molecular flexibility index (Phi) is 9.23. The summed E-state index contributed by atoms with van der Waals surface area (Å²) in [6.07, 6.45) is 4.44. The standard InChI is InChI=1S/C29H33IN4O3/c1-20(2)25(35)15-7-8-17-27(37)33-19-21-11-3-4-12-22(21)28-29(23-13-5-6-14-24(23)33)34(32-31-28)18-10-9-16-26(30)36/h3-6,11-14,20H,7-10,15-19H2,1-2H3. The highest BCUT2D eigenvalue weighted by Crippen LogP contribution is 2.41. The van der Waals surface area contributed by atoms with E-state index in [2.05, 4.69) is 10.3 Å². The summed E-state index contributed by atoms with van der Waals surface area (Å²) in [7, 11) is 0. The first-order chi connectivity index (χ1) is 17.9. The Labute approximate surface area is 231 Å². The summed E-state index contributed by atoms with van der Waals surface area (Å²) < 4.78 is 2.07. The smallest absolute Gasteiger partial charge is 0.227 e. The molecule has 0 saturated carbocycles. The molecule has 3 aromatic rings. The quantitative estimate of drug-likeness (QED) is 0.143. The average molecular weight is 613 g/mol. The van der Waals surface area contributed by atoms with Crippen molar-refractivity contribution in [2.24, 2.45) is 5.92 Å². The highest BCUT2D eigenvalue weighted by Gasteiger charge is 2.28. The summed E-state index contributed by atoms with van der Waals surface area (Å²) in [5, 5.41) is 9.08. The zero-order chi connectivity index (χ0) is 26.4. The number of nitrogens with zero attached hydrogens (tertiary/aromatic N) is 4. The molecule has 1 amide bonds. The molecule has 8 heteroatoms. The molecule has 0 N–H and O–H groups in total. The highest BCUT2D eigenvalue weighted by molar-refractivity contribution is 14.1. The van der Waals surface area contributed by atoms with Crippen LogP contribution in [-0.2, 0) is 27.5 Å². The van der Waals surface area contributed by atoms with Gasteiger partial charge in [-0.25, -0.2) is 4.68 Å². The van der Waals surface area contributed by atoms with Crippen molar-refractivity contribution in [3.05, 3.63) is 54.1 Å². The number of ketones is 1. The third-order valence-corrected chi connectivity index (χ3v) is 7.33. The minimum Gasteiger partial charge on any atom is -0.307 e. The van der Waals surface area contributed by atoms with Gasteiger partial charge in [0, 0.05) is 42.9 Å². The number of rotatable bonds is 11. The van der Waals surface area contributed by atoms with Crippen molar-refractivity contribution in [1.29, 1.82) is 0 Å². The predicted octanol–water partition coefficient (Wildman–Crippen LogP) is 6.38. The SMILES string of the molecule is CC(C)C(=O)CCCCC(=O)N1Cc2ccccc2-c2nnn(CCCCC(=O)I)c2-c2ccccc21. The van der Waals surface area contributed by atoms with E-state index in [1.807, 2.05) is 94.6 Å². The maximum absolute atomic E-state index is 13.6. The maximum atomic E-state index is 13.6. The van der Waals surface area contributed by atoms with Gasteiger partial charge in [0.1, 0.15) is 11.5 Å². The number of Topliss-reactive ketones (excluding diaryl/α,β-unsaturated/α-hetero) is 1. The van der Waals surface area contributed by atoms with Crippen LogP contribution >= 0.6 is 22.6 Å². The number of hydrogen-bond donors (Lipinski definition) is 0. The second-order valence-electron chi connectivity index (χ2n) is 9.80. The summed E-state index contributed by atoms with van der Waals surface area (Å²) in [5.74, 6) is 0.319. The number of aryl methyl sites for hydroxylation is 1. The fourth-order valence-electron chi connectivity index (χ4n) is 4.72. The van der Waals surface area contributed by atoms with Crippen LogP contribution in [0.25, 0.3) is 22.5 Å². The molecule has 0 atom stereocenters. The molecule has 2 heterocycles. The molecule has 2 aromatic carbocycles. The zero-order valence-electron chi connectivity index (χ0n) is 21.5. The molecule has 0 bridgehead atoms. The van der Waals surface area contributed by atoms with E-state index in [-0.39, 0.29) is 21.4 Å². The second kappa shape index (κ2) is 12.6. The number of benzene rings is 2. The lowest BCUT2D eigenvalue weighted by molar-refractivity contribution is -0.122. The number of carbonyl (C=O) groups is 3. The summed E-state index contributed by atoms with van der Waals surface area (Å²) in [6, 6.07) is 16.0. The van der Waals surface area contributed by atoms with Gasteiger partial charge < -0.3 is 4.90 Å². The van der Waals surface area contributed by atoms with Gasteiger partial charge in [0.2, 0.25) is 5.91 Å². The van der Waals surface area contributed by atoms with Gasteiger partial charge in [0.25, 0.3) is 0 Å². The van der Waals surface area contributed by atoms with Crippen LogP contribution in [0.5, 0.6) is 0 Å². The molecule has 37 heavy (non-hydrogen) atoms. The number of unbranched alkanes of at least 4 members (excludes halogenated alkanes) is 2. The first kappa shape index (κ1) is 27.2. The molecule has 0 fully saturated rings. The van der Waals surface area contributed by atoms with Gasteiger partial charge in [-0.2, -0.15) is 0 Å². The summed E-state index contributed by atoms with van der Waals surface area (Å²) >= 11 is 1.84. The van der Waals surface area contributed by atoms with Crippen molar-refractivity contribution >= 4 is 43.8 Å². The molecule has 0 spiro atoms. The van der Waals surface area contributed by atoms with E-state index >= 15 is 0 Å². The van der Waals surface area contributed by atoms with Crippen molar-refractivity contribution < 1.29 is 14.4 Å². The van der Waals surface area contributed by atoms with Crippen molar-refractivity contribution in [2.75, 3.05) is 4.90 Å². The molecule has 4 rings (SSSR count). The minimum atomic E-state index is 0.0307. The second-order valence-corrected chi connectivity index (χ2v) is 11.0. The number of halogens is 1. The van der Waals surface area contributed by atoms with E-state index in [4.69, 9.17) is 0 Å². The Bertz CT molecular complexity index is 1280. The maximum Gasteiger partial charge on any atom is 0.227 e. The Morgan fingerprint density at radius 2 is 1.57 bits per heavy atom. The lowest BCUT2D eigenvalue weighted by Gasteiger charge is -2.29. The van der Waals surface area contributed by atoms with E-state index in [1.54, 1.807) is 0 Å². The van der Waals surface area contributed by atoms with E-state index in [0.29, 0.717) is 38.8 Å². The van der Waals surface area contributed by atoms with Crippen LogP contribution in [0.4, 0.5) is 5.69 Å². The third kappa shape index (κ3) is 6.52. The van der Waals surface area contributed by atoms with E-state index in [9.17, 15) is 14.4 Å². The van der Waals surface area contributed by atoms with Crippen molar-refractivity contribution in [3.8, 4) is 22.5 Å². The molecule has 0 aliphatic carbocycles. The largest absolute Gasteiger partial charge is 0.307 e. The third-order valence-electron chi connectivity index (χ3n) is 6.79. The first-order valence-corrected chi connectivity index (χ1v) is 14.1. The molecule has 194 valence electrons. The van der Waals surface area contributed by atoms with Crippen LogP contribution in [0.3, 0.4) is 0 Å². The van der Waals surface area contributed by atoms with Gasteiger partial charge in [-0.15, -0.1) is 5.10 Å². The lowest BCUT2D eigenvalue weighted by atomic mass is 9.95. The van der Waals surface area contributed by atoms with Crippen LogP contribution in [0.15, 0.2) is 48.5 Å². The molecule has 0 unspecified atom stereocenters. The van der Waals surface area contributed by atoms with Crippen molar-refractivity contribution in [2.45, 2.75) is 71.9 Å². The van der Waals surface area contributed by atoms with Crippen LogP contribution in [0.1, 0.15) is 64.4 Å². The summed E-state index contributed by atoms with van der Waals surface area (Å²) in [5.41, 5.74) is 5.46. The van der Waals surface area contributed by atoms with Crippen LogP contribution in [0, 0.1) is 5.92 Å². The predicted molar refractivity (Wildman–Crippen MR) is 153 cm³/mol. The number of anilines is 1. The highest BCUT2D eigenvalue weighted by atomic mass is 127. The average Bonchev–Trinajstić information content (AvgIpc) is 3.29. The lowest BCUT2D eigenvalue weighted by Crippen LogP contribution is -2.31. The monoisotopic (exact) mass is 612 g/mol. The van der Waals surface area contributed by atoms with Crippen LogP contribution < -0.4 is 4.90 Å². The number of fused-ring (bicyclic) bond motifs is 5.